The van der Waals surface area contributed by atoms with E-state index < -0.39 is 0 Å². The van der Waals surface area contributed by atoms with Crippen LogP contribution in [0.1, 0.15) is 44.5 Å². The van der Waals surface area contributed by atoms with E-state index in [-0.39, 0.29) is 5.41 Å². The van der Waals surface area contributed by atoms with Gasteiger partial charge in [-0.1, -0.05) is 50.6 Å². The van der Waals surface area contributed by atoms with Crippen LogP contribution in [0.25, 0.3) is 22.0 Å². The van der Waals surface area contributed by atoms with E-state index in [1.165, 1.54) is 27.9 Å². The average Bonchev–Trinajstić information content (AvgIpc) is 2.55. The lowest BCUT2D eigenvalue weighted by Crippen LogP contribution is -2.35. The van der Waals surface area contributed by atoms with Crippen molar-refractivity contribution in [3.8, 4) is 11.3 Å². The standard InChI is InChI=1S/C24H30N/c1-16-8-9-17(2)22(12-16)23-21-11-10-19(15-24(4,5)6)14-20(21)13-18(3)25(23)7/h8-14H,15H2,1-7H3/q+1/i13D. The highest BCUT2D eigenvalue weighted by atomic mass is 14.9. The molecule has 0 aliphatic rings. The second-order valence-corrected chi connectivity index (χ2v) is 8.55. The number of hydrogen-bond donors (Lipinski definition) is 0. The molecule has 3 aromatic rings. The fourth-order valence-electron chi connectivity index (χ4n) is 3.57. The summed E-state index contributed by atoms with van der Waals surface area (Å²) in [6.45, 7) is 13.1. The second-order valence-electron chi connectivity index (χ2n) is 8.55. The highest BCUT2D eigenvalue weighted by molar-refractivity contribution is 5.94. The number of rotatable bonds is 2. The van der Waals surface area contributed by atoms with Crippen molar-refractivity contribution in [1.82, 2.24) is 0 Å². The molecular formula is C24H30N+. The van der Waals surface area contributed by atoms with E-state index in [1.54, 1.807) is 0 Å². The number of hydrogen-bond acceptors (Lipinski definition) is 0. The maximum atomic E-state index is 8.69. The Morgan fingerprint density at radius 2 is 1.72 bits per heavy atom. The molecule has 0 spiro atoms. The number of nitrogens with zero attached hydrogens (tertiary/aromatic N) is 1. The minimum absolute atomic E-state index is 0.236. The van der Waals surface area contributed by atoms with Crippen molar-refractivity contribution in [2.24, 2.45) is 12.5 Å². The van der Waals surface area contributed by atoms with Gasteiger partial charge in [-0.05, 0) is 54.3 Å². The van der Waals surface area contributed by atoms with Crippen LogP contribution in [0.4, 0.5) is 0 Å². The molecule has 0 saturated carbocycles. The lowest BCUT2D eigenvalue weighted by Gasteiger charge is -2.18. The van der Waals surface area contributed by atoms with Crippen molar-refractivity contribution in [2.45, 2.75) is 48.0 Å². The molecule has 0 radical (unpaired) electrons. The quantitative estimate of drug-likeness (QED) is 0.518. The third-order valence-electron chi connectivity index (χ3n) is 4.88. The fraction of sp³-hybridized carbons (Fsp3) is 0.375. The van der Waals surface area contributed by atoms with E-state index in [2.05, 4.69) is 82.6 Å². The Bertz CT molecular complexity index is 993. The van der Waals surface area contributed by atoms with Gasteiger partial charge in [-0.2, -0.15) is 4.57 Å². The highest BCUT2D eigenvalue weighted by Gasteiger charge is 2.20. The van der Waals surface area contributed by atoms with Crippen molar-refractivity contribution >= 4 is 10.8 Å². The van der Waals surface area contributed by atoms with Gasteiger partial charge >= 0.3 is 0 Å². The summed E-state index contributed by atoms with van der Waals surface area (Å²) in [6.07, 6.45) is 1.02. The fourth-order valence-corrected chi connectivity index (χ4v) is 3.57. The molecule has 0 bridgehead atoms. The summed E-state index contributed by atoms with van der Waals surface area (Å²) < 4.78 is 10.9. The third-order valence-corrected chi connectivity index (χ3v) is 4.88. The maximum absolute atomic E-state index is 8.69. The molecule has 0 fully saturated rings. The maximum Gasteiger partial charge on any atom is 0.220 e. The van der Waals surface area contributed by atoms with Gasteiger partial charge in [-0.3, -0.25) is 0 Å². The van der Waals surface area contributed by atoms with Gasteiger partial charge in [-0.15, -0.1) is 0 Å². The molecule has 3 rings (SSSR count). The zero-order valence-corrected chi connectivity index (χ0v) is 16.6. The van der Waals surface area contributed by atoms with Gasteiger partial charge in [0, 0.05) is 18.5 Å². The van der Waals surface area contributed by atoms with Crippen LogP contribution in [0.5, 0.6) is 0 Å². The average molecular weight is 334 g/mol. The van der Waals surface area contributed by atoms with Crippen molar-refractivity contribution in [3.05, 3.63) is 64.8 Å². The zero-order chi connectivity index (χ0) is 19.2. The first-order valence-electron chi connectivity index (χ1n) is 9.58. The largest absolute Gasteiger partial charge is 0.220 e. The molecule has 0 saturated heterocycles. The number of benzene rings is 2. The van der Waals surface area contributed by atoms with E-state index in [0.717, 1.165) is 22.9 Å². The first-order chi connectivity index (χ1) is 12.1. The number of pyridine rings is 1. The molecular weight excluding hydrogens is 302 g/mol. The molecule has 0 aliphatic heterocycles. The smallest absolute Gasteiger partial charge is 0.198 e. The molecule has 1 heteroatoms. The summed E-state index contributed by atoms with van der Waals surface area (Å²) in [7, 11) is 2.08. The summed E-state index contributed by atoms with van der Waals surface area (Å²) in [4.78, 5) is 0. The molecule has 0 N–H and O–H groups in total. The van der Waals surface area contributed by atoms with Crippen molar-refractivity contribution in [1.29, 1.82) is 0 Å². The van der Waals surface area contributed by atoms with Gasteiger partial charge < -0.3 is 0 Å². The van der Waals surface area contributed by atoms with Crippen LogP contribution >= 0.6 is 0 Å². The van der Waals surface area contributed by atoms with Crippen LogP contribution in [0.3, 0.4) is 0 Å². The summed E-state index contributed by atoms with van der Waals surface area (Å²) in [6, 6.07) is 13.9. The van der Waals surface area contributed by atoms with Gasteiger partial charge in [0.2, 0.25) is 5.69 Å². The molecule has 130 valence electrons. The topological polar surface area (TPSA) is 3.88 Å². The van der Waals surface area contributed by atoms with Gasteiger partial charge in [0.25, 0.3) is 0 Å². The first kappa shape index (κ1) is 16.3. The molecule has 2 aromatic carbocycles. The summed E-state index contributed by atoms with van der Waals surface area (Å²) >= 11 is 0. The van der Waals surface area contributed by atoms with Crippen LogP contribution in [-0.4, -0.2) is 0 Å². The molecule has 1 nitrogen and oxygen atoms in total. The predicted molar refractivity (Wildman–Crippen MR) is 108 cm³/mol. The molecule has 0 amide bonds. The summed E-state index contributed by atoms with van der Waals surface area (Å²) in [5.41, 5.74) is 7.53. The Balaban J connectivity index is 2.35. The van der Waals surface area contributed by atoms with Crippen molar-refractivity contribution < 1.29 is 5.94 Å². The highest BCUT2D eigenvalue weighted by Crippen LogP contribution is 2.31. The van der Waals surface area contributed by atoms with E-state index in [1.807, 2.05) is 6.92 Å². The van der Waals surface area contributed by atoms with Gasteiger partial charge in [0.15, 0.2) is 5.69 Å². The minimum atomic E-state index is 0.236. The Morgan fingerprint density at radius 1 is 1.00 bits per heavy atom. The number of fused-ring (bicyclic) bond motifs is 1. The predicted octanol–water partition coefficient (Wildman–Crippen LogP) is 5.85. The monoisotopic (exact) mass is 333 g/mol. The molecule has 1 heterocycles. The summed E-state index contributed by atoms with van der Waals surface area (Å²) in [5, 5.41) is 2.22. The Labute approximate surface area is 153 Å². The van der Waals surface area contributed by atoms with Gasteiger partial charge in [-0.25, -0.2) is 0 Å². The van der Waals surface area contributed by atoms with Crippen molar-refractivity contribution in [2.75, 3.05) is 0 Å². The number of aryl methyl sites for hydroxylation is 2. The molecule has 0 aliphatic carbocycles. The Morgan fingerprint density at radius 3 is 2.40 bits per heavy atom. The number of aromatic nitrogens is 1. The molecule has 25 heavy (non-hydrogen) atoms. The van der Waals surface area contributed by atoms with Crippen LogP contribution in [0, 0.1) is 26.2 Å². The zero-order valence-electron chi connectivity index (χ0n) is 17.6. The van der Waals surface area contributed by atoms with E-state index in [0.29, 0.717) is 6.04 Å². The third kappa shape index (κ3) is 3.61. The van der Waals surface area contributed by atoms with Crippen LogP contribution in [-0.2, 0) is 13.5 Å². The van der Waals surface area contributed by atoms with Gasteiger partial charge in [0.05, 0.1) is 6.76 Å². The Kier molecular flexibility index (Phi) is 4.11. The molecule has 0 atom stereocenters. The molecule has 1 aromatic heterocycles. The second kappa shape index (κ2) is 6.29. The van der Waals surface area contributed by atoms with E-state index in [4.69, 9.17) is 1.37 Å². The van der Waals surface area contributed by atoms with Crippen LogP contribution in [0.15, 0.2) is 42.4 Å². The normalized spacial score (nSPS) is 12.5. The van der Waals surface area contributed by atoms with Gasteiger partial charge in [0.1, 0.15) is 7.05 Å². The SMILES string of the molecule is [2H]c1c(C)[n+](C)c(-c2cc(C)ccc2C)c2ccc(CC(C)(C)C)cc12. The Hall–Kier alpha value is -2.15. The summed E-state index contributed by atoms with van der Waals surface area (Å²) in [5.74, 6) is 0. The van der Waals surface area contributed by atoms with E-state index in [9.17, 15) is 0 Å². The first-order valence-corrected chi connectivity index (χ1v) is 9.08. The van der Waals surface area contributed by atoms with Crippen LogP contribution in [0.2, 0.25) is 0 Å². The van der Waals surface area contributed by atoms with Crippen LogP contribution < -0.4 is 4.57 Å². The minimum Gasteiger partial charge on any atom is -0.198 e. The lowest BCUT2D eigenvalue weighted by atomic mass is 9.87. The molecule has 0 unspecified atom stereocenters. The van der Waals surface area contributed by atoms with E-state index >= 15 is 0 Å². The lowest BCUT2D eigenvalue weighted by molar-refractivity contribution is -0.665. The van der Waals surface area contributed by atoms with Crippen molar-refractivity contribution in [3.63, 3.8) is 0 Å².